The molecule has 1 aromatic heterocycles. The normalized spacial score (nSPS) is 11.8. The van der Waals surface area contributed by atoms with Crippen LogP contribution in [-0.2, 0) is 0 Å². The van der Waals surface area contributed by atoms with Gasteiger partial charge in [-0.15, -0.1) is 0 Å². The molecule has 1 heteroatoms. The van der Waals surface area contributed by atoms with Crippen LogP contribution in [0.3, 0.4) is 0 Å². The lowest BCUT2D eigenvalue weighted by Gasteiger charge is -2.19. The number of rotatable bonds is 4. The third-order valence-electron chi connectivity index (χ3n) is 11.8. The van der Waals surface area contributed by atoms with Crippen LogP contribution in [0.25, 0.3) is 93.2 Å². The number of benzene rings is 9. The molecule has 10 rings (SSSR count). The maximum Gasteiger partial charge on any atom is 0.0541 e. The van der Waals surface area contributed by atoms with Crippen LogP contribution in [0.4, 0.5) is 0 Å². The van der Waals surface area contributed by atoms with Gasteiger partial charge in [0.05, 0.1) is 16.7 Å². The average molecular weight is 692 g/mol. The average Bonchev–Trinajstić information content (AvgIpc) is 3.52. The predicted molar refractivity (Wildman–Crippen MR) is 233 cm³/mol. The molecule has 1 nitrogen and oxygen atoms in total. The minimum absolute atomic E-state index is 1.19. The summed E-state index contributed by atoms with van der Waals surface area (Å²) in [7, 11) is 0. The van der Waals surface area contributed by atoms with Crippen LogP contribution in [-0.4, -0.2) is 4.57 Å². The Labute approximate surface area is 316 Å². The maximum absolute atomic E-state index is 2.50. The number of hydrogen-bond acceptors (Lipinski definition) is 0. The zero-order valence-corrected chi connectivity index (χ0v) is 31.5. The van der Waals surface area contributed by atoms with Gasteiger partial charge in [-0.2, -0.15) is 0 Å². The van der Waals surface area contributed by atoms with Crippen molar-refractivity contribution in [3.8, 4) is 39.1 Å². The Morgan fingerprint density at radius 3 is 1.31 bits per heavy atom. The molecule has 0 radical (unpaired) electrons. The minimum Gasteiger partial charge on any atom is -0.309 e. The van der Waals surface area contributed by atoms with Gasteiger partial charge in [0.25, 0.3) is 0 Å². The van der Waals surface area contributed by atoms with Gasteiger partial charge in [0.15, 0.2) is 0 Å². The second kappa shape index (κ2) is 12.3. The largest absolute Gasteiger partial charge is 0.309 e. The van der Waals surface area contributed by atoms with E-state index in [1.54, 1.807) is 0 Å². The zero-order chi connectivity index (χ0) is 36.7. The Hall–Kier alpha value is -6.44. The molecule has 0 bridgehead atoms. The van der Waals surface area contributed by atoms with Crippen LogP contribution in [0, 0.1) is 34.6 Å². The molecular weight excluding hydrogens is 651 g/mol. The number of aromatic nitrogens is 1. The molecule has 0 amide bonds. The van der Waals surface area contributed by atoms with Crippen LogP contribution in [0.2, 0.25) is 0 Å². The van der Waals surface area contributed by atoms with E-state index in [1.165, 1.54) is 121 Å². The first-order chi connectivity index (χ1) is 26.4. The summed E-state index contributed by atoms with van der Waals surface area (Å²) in [6.45, 7) is 11.1. The first-order valence-electron chi connectivity index (χ1n) is 19.0. The summed E-state index contributed by atoms with van der Waals surface area (Å²) in [6.07, 6.45) is 0. The molecule has 0 spiro atoms. The molecule has 1 heterocycles. The highest BCUT2D eigenvalue weighted by atomic mass is 15.0. The first kappa shape index (κ1) is 32.2. The second-order valence-electron chi connectivity index (χ2n) is 15.2. The summed E-state index contributed by atoms with van der Waals surface area (Å²) < 4.78 is 2.50. The fourth-order valence-electron chi connectivity index (χ4n) is 9.04. The molecular formula is C53H41N. The third kappa shape index (κ3) is 4.92. The van der Waals surface area contributed by atoms with E-state index in [-0.39, 0.29) is 0 Å². The first-order valence-corrected chi connectivity index (χ1v) is 19.0. The van der Waals surface area contributed by atoms with E-state index < -0.39 is 0 Å². The fourth-order valence-corrected chi connectivity index (χ4v) is 9.04. The van der Waals surface area contributed by atoms with Crippen molar-refractivity contribution in [3.05, 3.63) is 186 Å². The van der Waals surface area contributed by atoms with Gasteiger partial charge < -0.3 is 4.57 Å². The standard InChI is InChI=1S/C53H41N/c1-32-18-20-34(3)46(28-32)37-22-25-51-48(30-37)49-31-38(47-29-33(2)19-21-35(47)4)23-26-52(49)54(51)50-27-24-45(41-14-8-9-15-42(41)50)53-43-16-10-6-12-39(43)36(5)40-13-7-11-17-44(40)53/h6-31H,1-5H3. The molecule has 0 fully saturated rings. The number of hydrogen-bond donors (Lipinski definition) is 0. The quantitative estimate of drug-likeness (QED) is 0.162. The summed E-state index contributed by atoms with van der Waals surface area (Å²) in [6, 6.07) is 59.2. The van der Waals surface area contributed by atoms with E-state index in [2.05, 4.69) is 197 Å². The van der Waals surface area contributed by atoms with Gasteiger partial charge in [-0.1, -0.05) is 139 Å². The molecule has 0 aliphatic rings. The molecule has 0 unspecified atom stereocenters. The third-order valence-corrected chi connectivity index (χ3v) is 11.8. The molecule has 0 atom stereocenters. The Kier molecular flexibility index (Phi) is 7.35. The number of fused-ring (bicyclic) bond motifs is 6. The fraction of sp³-hybridized carbons (Fsp3) is 0.0943. The molecule has 10 aromatic rings. The van der Waals surface area contributed by atoms with E-state index in [4.69, 9.17) is 0 Å². The summed E-state index contributed by atoms with van der Waals surface area (Å²) in [5.41, 5.74) is 17.7. The van der Waals surface area contributed by atoms with Gasteiger partial charge in [0, 0.05) is 16.2 Å². The number of aryl methyl sites for hydroxylation is 5. The van der Waals surface area contributed by atoms with Crippen molar-refractivity contribution in [3.63, 3.8) is 0 Å². The maximum atomic E-state index is 2.50. The summed E-state index contributed by atoms with van der Waals surface area (Å²) in [5, 5.41) is 10.2. The lowest BCUT2D eigenvalue weighted by atomic mass is 9.87. The molecule has 0 aliphatic carbocycles. The van der Waals surface area contributed by atoms with Crippen molar-refractivity contribution < 1.29 is 0 Å². The Balaban J connectivity index is 1.28. The van der Waals surface area contributed by atoms with Crippen molar-refractivity contribution in [1.29, 1.82) is 0 Å². The Morgan fingerprint density at radius 1 is 0.333 bits per heavy atom. The van der Waals surface area contributed by atoms with Gasteiger partial charge in [0.2, 0.25) is 0 Å². The molecule has 9 aromatic carbocycles. The molecule has 0 N–H and O–H groups in total. The smallest absolute Gasteiger partial charge is 0.0541 e. The van der Waals surface area contributed by atoms with E-state index >= 15 is 0 Å². The highest BCUT2D eigenvalue weighted by Crippen LogP contribution is 2.45. The summed E-state index contributed by atoms with van der Waals surface area (Å²) in [5.74, 6) is 0. The number of nitrogens with zero attached hydrogens (tertiary/aromatic N) is 1. The Bertz CT molecular complexity index is 2990. The predicted octanol–water partition coefficient (Wildman–Crippen LogP) is 14.8. The zero-order valence-electron chi connectivity index (χ0n) is 31.5. The van der Waals surface area contributed by atoms with Crippen LogP contribution >= 0.6 is 0 Å². The highest BCUT2D eigenvalue weighted by Gasteiger charge is 2.20. The van der Waals surface area contributed by atoms with E-state index in [1.807, 2.05) is 0 Å². The van der Waals surface area contributed by atoms with Crippen molar-refractivity contribution in [2.24, 2.45) is 0 Å². The van der Waals surface area contributed by atoms with Crippen LogP contribution in [0.5, 0.6) is 0 Å². The topological polar surface area (TPSA) is 4.93 Å². The van der Waals surface area contributed by atoms with E-state index in [0.29, 0.717) is 0 Å². The molecule has 0 aliphatic heterocycles. The van der Waals surface area contributed by atoms with Gasteiger partial charge in [0.1, 0.15) is 0 Å². The lowest BCUT2D eigenvalue weighted by Crippen LogP contribution is -1.97. The van der Waals surface area contributed by atoms with Crippen LogP contribution in [0.15, 0.2) is 158 Å². The molecule has 258 valence electrons. The minimum atomic E-state index is 1.19. The molecule has 0 saturated carbocycles. The van der Waals surface area contributed by atoms with E-state index in [0.717, 1.165) is 0 Å². The molecule has 54 heavy (non-hydrogen) atoms. The molecule has 0 saturated heterocycles. The SMILES string of the molecule is Cc1ccc(C)c(-c2ccc3c(c2)c2cc(-c4cc(C)ccc4C)ccc2n3-c2ccc(-c3c4ccccc4c(C)c4ccccc34)c3ccccc23)c1. The Morgan fingerprint density at radius 2 is 0.796 bits per heavy atom. The van der Waals surface area contributed by atoms with Crippen molar-refractivity contribution in [2.75, 3.05) is 0 Å². The summed E-state index contributed by atoms with van der Waals surface area (Å²) in [4.78, 5) is 0. The van der Waals surface area contributed by atoms with Crippen LogP contribution in [0.1, 0.15) is 27.8 Å². The van der Waals surface area contributed by atoms with Crippen molar-refractivity contribution in [1.82, 2.24) is 4.57 Å². The van der Waals surface area contributed by atoms with Crippen molar-refractivity contribution in [2.45, 2.75) is 34.6 Å². The van der Waals surface area contributed by atoms with Crippen molar-refractivity contribution >= 4 is 54.1 Å². The van der Waals surface area contributed by atoms with Gasteiger partial charge in [-0.05, 0) is 142 Å². The van der Waals surface area contributed by atoms with Gasteiger partial charge in [-0.3, -0.25) is 0 Å². The monoisotopic (exact) mass is 691 g/mol. The summed E-state index contributed by atoms with van der Waals surface area (Å²) >= 11 is 0. The van der Waals surface area contributed by atoms with Gasteiger partial charge >= 0.3 is 0 Å². The van der Waals surface area contributed by atoms with Gasteiger partial charge in [-0.25, -0.2) is 0 Å². The second-order valence-corrected chi connectivity index (χ2v) is 15.2. The highest BCUT2D eigenvalue weighted by molar-refractivity contribution is 6.20. The van der Waals surface area contributed by atoms with Crippen LogP contribution < -0.4 is 0 Å². The lowest BCUT2D eigenvalue weighted by molar-refractivity contribution is 1.20. The van der Waals surface area contributed by atoms with E-state index in [9.17, 15) is 0 Å².